The lowest BCUT2D eigenvalue weighted by atomic mass is 9.52. The monoisotopic (exact) mass is 194 g/mol. The minimum absolute atomic E-state index is 0.664. The summed E-state index contributed by atoms with van der Waals surface area (Å²) in [6.07, 6.45) is 8.88. The van der Waals surface area contributed by atoms with Crippen molar-refractivity contribution in [1.29, 1.82) is 0 Å². The van der Waals surface area contributed by atoms with Gasteiger partial charge in [0.15, 0.2) is 0 Å². The molecule has 2 saturated carbocycles. The molecular weight excluding hydrogens is 168 g/mol. The maximum absolute atomic E-state index is 2.54. The fourth-order valence-electron chi connectivity index (χ4n) is 4.73. The van der Waals surface area contributed by atoms with Crippen molar-refractivity contribution in [3.05, 3.63) is 0 Å². The van der Waals surface area contributed by atoms with Gasteiger partial charge in [-0.1, -0.05) is 34.1 Å². The van der Waals surface area contributed by atoms with E-state index in [4.69, 9.17) is 0 Å². The second kappa shape index (κ2) is 3.25. The lowest BCUT2D eigenvalue weighted by molar-refractivity contribution is -0.0188. The zero-order valence-electron chi connectivity index (χ0n) is 10.4. The average molecular weight is 194 g/mol. The maximum Gasteiger partial charge on any atom is -0.0315 e. The van der Waals surface area contributed by atoms with Gasteiger partial charge in [-0.15, -0.1) is 0 Å². The predicted molar refractivity (Wildman–Crippen MR) is 62.2 cm³/mol. The molecule has 0 aromatic rings. The first-order valence-electron chi connectivity index (χ1n) is 6.45. The van der Waals surface area contributed by atoms with E-state index in [1.54, 1.807) is 0 Å². The highest BCUT2D eigenvalue weighted by Gasteiger charge is 2.46. The molecule has 14 heavy (non-hydrogen) atoms. The molecule has 2 aliphatic rings. The molecule has 82 valence electrons. The second-order valence-corrected chi connectivity index (χ2v) is 6.97. The third kappa shape index (κ3) is 1.85. The molecule has 0 heteroatoms. The molecular formula is C14H26. The van der Waals surface area contributed by atoms with Crippen LogP contribution in [0, 0.1) is 22.7 Å². The summed E-state index contributed by atoms with van der Waals surface area (Å²) in [5, 5.41) is 0. The summed E-state index contributed by atoms with van der Waals surface area (Å²) in [4.78, 5) is 0. The van der Waals surface area contributed by atoms with Gasteiger partial charge in [0.05, 0.1) is 0 Å². The van der Waals surface area contributed by atoms with E-state index in [1.165, 1.54) is 38.5 Å². The molecule has 0 aliphatic heterocycles. The van der Waals surface area contributed by atoms with Crippen molar-refractivity contribution in [3.63, 3.8) is 0 Å². The summed E-state index contributed by atoms with van der Waals surface area (Å²) in [5.41, 5.74) is 1.35. The van der Waals surface area contributed by atoms with Gasteiger partial charge in [-0.3, -0.25) is 0 Å². The van der Waals surface area contributed by atoms with Crippen molar-refractivity contribution in [3.8, 4) is 0 Å². The van der Waals surface area contributed by atoms with Crippen LogP contribution in [0.15, 0.2) is 0 Å². The third-order valence-corrected chi connectivity index (χ3v) is 4.85. The van der Waals surface area contributed by atoms with Gasteiger partial charge in [-0.25, -0.2) is 0 Å². The Morgan fingerprint density at radius 3 is 2.43 bits per heavy atom. The van der Waals surface area contributed by atoms with Crippen molar-refractivity contribution < 1.29 is 0 Å². The lowest BCUT2D eigenvalue weighted by Gasteiger charge is -2.53. The van der Waals surface area contributed by atoms with Crippen LogP contribution in [0.3, 0.4) is 0 Å². The maximum atomic E-state index is 2.54. The Morgan fingerprint density at radius 2 is 1.86 bits per heavy atom. The number of hydrogen-bond donors (Lipinski definition) is 0. The second-order valence-electron chi connectivity index (χ2n) is 6.97. The Balaban J connectivity index is 2.16. The quantitative estimate of drug-likeness (QED) is 0.570. The van der Waals surface area contributed by atoms with Gasteiger partial charge in [0.1, 0.15) is 0 Å². The van der Waals surface area contributed by atoms with E-state index in [0.29, 0.717) is 10.8 Å². The van der Waals surface area contributed by atoms with E-state index in [0.717, 1.165) is 11.8 Å². The Kier molecular flexibility index (Phi) is 2.44. The smallest absolute Gasteiger partial charge is 0.0315 e. The molecule has 2 rings (SSSR count). The normalized spacial score (nSPS) is 53.1. The van der Waals surface area contributed by atoms with E-state index in [9.17, 15) is 0 Å². The van der Waals surface area contributed by atoms with E-state index >= 15 is 0 Å². The number of hydrogen-bond acceptors (Lipinski definition) is 0. The molecule has 0 heterocycles. The molecule has 0 spiro atoms. The lowest BCUT2D eigenvalue weighted by Crippen LogP contribution is -2.42. The van der Waals surface area contributed by atoms with Gasteiger partial charge < -0.3 is 0 Å². The van der Waals surface area contributed by atoms with Gasteiger partial charge in [-0.2, -0.15) is 0 Å². The zero-order chi connectivity index (χ0) is 10.4. The molecule has 4 unspecified atom stereocenters. The fraction of sp³-hybridized carbons (Fsp3) is 1.00. The molecule has 0 aromatic heterocycles. The van der Waals surface area contributed by atoms with Crippen molar-refractivity contribution >= 4 is 0 Å². The fourth-order valence-corrected chi connectivity index (χ4v) is 4.73. The molecule has 0 radical (unpaired) electrons. The van der Waals surface area contributed by atoms with Gasteiger partial charge in [-0.05, 0) is 54.8 Å². The standard InChI is InChI=1S/C14H26/c1-5-13(3)8-12-6-11(2)7-14(4,9-12)10-13/h11-12H,5-10H2,1-4H3. The number of rotatable bonds is 1. The van der Waals surface area contributed by atoms with Crippen LogP contribution in [0.1, 0.15) is 66.2 Å². The highest BCUT2D eigenvalue weighted by molar-refractivity contribution is 4.97. The van der Waals surface area contributed by atoms with Crippen LogP contribution in [-0.2, 0) is 0 Å². The highest BCUT2D eigenvalue weighted by atomic mass is 14.5. The van der Waals surface area contributed by atoms with Crippen molar-refractivity contribution in [2.75, 3.05) is 0 Å². The van der Waals surface area contributed by atoms with Crippen LogP contribution in [0.4, 0.5) is 0 Å². The van der Waals surface area contributed by atoms with Crippen molar-refractivity contribution in [2.45, 2.75) is 66.2 Å². The molecule has 0 saturated heterocycles. The van der Waals surface area contributed by atoms with Gasteiger partial charge in [0, 0.05) is 0 Å². The van der Waals surface area contributed by atoms with Crippen molar-refractivity contribution in [1.82, 2.24) is 0 Å². The van der Waals surface area contributed by atoms with Crippen LogP contribution >= 0.6 is 0 Å². The zero-order valence-corrected chi connectivity index (χ0v) is 10.4. The van der Waals surface area contributed by atoms with Gasteiger partial charge in [0.25, 0.3) is 0 Å². The largest absolute Gasteiger partial charge is 0.0649 e. The average Bonchev–Trinajstić information content (AvgIpc) is 1.99. The summed E-state index contributed by atoms with van der Waals surface area (Å²) in [5.74, 6) is 2.03. The van der Waals surface area contributed by atoms with Gasteiger partial charge in [0.2, 0.25) is 0 Å². The summed E-state index contributed by atoms with van der Waals surface area (Å²) in [7, 11) is 0. The van der Waals surface area contributed by atoms with Gasteiger partial charge >= 0.3 is 0 Å². The summed E-state index contributed by atoms with van der Waals surface area (Å²) in [6, 6.07) is 0. The van der Waals surface area contributed by atoms with Crippen LogP contribution in [0.25, 0.3) is 0 Å². The molecule has 0 nitrogen and oxygen atoms in total. The highest BCUT2D eigenvalue weighted by Crippen LogP contribution is 2.57. The van der Waals surface area contributed by atoms with E-state index in [1.807, 2.05) is 0 Å². The Hall–Kier alpha value is 0. The van der Waals surface area contributed by atoms with Crippen LogP contribution in [-0.4, -0.2) is 0 Å². The Morgan fingerprint density at radius 1 is 1.14 bits per heavy atom. The SMILES string of the molecule is CCC1(C)CC2CC(C)CC(C)(C2)C1. The summed E-state index contributed by atoms with van der Waals surface area (Å²) >= 11 is 0. The predicted octanol–water partition coefficient (Wildman–Crippen LogP) is 4.64. The van der Waals surface area contributed by atoms with Crippen LogP contribution in [0.2, 0.25) is 0 Å². The number of fused-ring (bicyclic) bond motifs is 2. The van der Waals surface area contributed by atoms with Crippen LogP contribution in [0.5, 0.6) is 0 Å². The molecule has 0 amide bonds. The molecule has 2 aliphatic carbocycles. The molecule has 4 atom stereocenters. The van der Waals surface area contributed by atoms with Crippen LogP contribution < -0.4 is 0 Å². The summed E-state index contributed by atoms with van der Waals surface area (Å²) in [6.45, 7) is 9.91. The first-order valence-corrected chi connectivity index (χ1v) is 6.45. The molecule has 0 N–H and O–H groups in total. The molecule has 0 aromatic carbocycles. The van der Waals surface area contributed by atoms with Crippen molar-refractivity contribution in [2.24, 2.45) is 22.7 Å². The molecule has 2 fully saturated rings. The van der Waals surface area contributed by atoms with E-state index in [2.05, 4.69) is 27.7 Å². The van der Waals surface area contributed by atoms with E-state index in [-0.39, 0.29) is 0 Å². The van der Waals surface area contributed by atoms with E-state index < -0.39 is 0 Å². The Bertz CT molecular complexity index is 216. The topological polar surface area (TPSA) is 0 Å². The molecule has 2 bridgehead atoms. The first kappa shape index (κ1) is 10.5. The Labute approximate surface area is 89.5 Å². The minimum Gasteiger partial charge on any atom is -0.0649 e. The summed E-state index contributed by atoms with van der Waals surface area (Å²) < 4.78 is 0. The first-order chi connectivity index (χ1) is 6.45. The third-order valence-electron chi connectivity index (χ3n) is 4.85. The minimum atomic E-state index is 0.664.